The fourth-order valence-corrected chi connectivity index (χ4v) is 2.50. The first-order chi connectivity index (χ1) is 12.5. The molecule has 1 heterocycles. The van der Waals surface area contributed by atoms with Crippen LogP contribution in [0.25, 0.3) is 11.3 Å². The summed E-state index contributed by atoms with van der Waals surface area (Å²) >= 11 is 5.88. The molecule has 1 N–H and O–H groups in total. The predicted octanol–water partition coefficient (Wildman–Crippen LogP) is 4.71. The van der Waals surface area contributed by atoms with Crippen LogP contribution >= 0.6 is 11.6 Å². The summed E-state index contributed by atoms with van der Waals surface area (Å²) in [6.45, 7) is 4.19. The number of amides is 1. The smallest absolute Gasteiger partial charge is 0.251 e. The summed E-state index contributed by atoms with van der Waals surface area (Å²) in [5.74, 6) is 1.18. The van der Waals surface area contributed by atoms with Gasteiger partial charge in [0.15, 0.2) is 5.76 Å². The highest BCUT2D eigenvalue weighted by molar-refractivity contribution is 6.30. The monoisotopic (exact) mass is 370 g/mol. The van der Waals surface area contributed by atoms with Crippen molar-refractivity contribution in [2.24, 2.45) is 0 Å². The van der Waals surface area contributed by atoms with E-state index in [1.165, 1.54) is 0 Å². The van der Waals surface area contributed by atoms with Crippen molar-refractivity contribution in [3.8, 4) is 17.1 Å². The molecule has 3 aromatic rings. The minimum Gasteiger partial charge on any atom is -0.491 e. The number of ether oxygens (including phenoxy) is 1. The Morgan fingerprint density at radius 3 is 2.50 bits per heavy atom. The van der Waals surface area contributed by atoms with E-state index in [4.69, 9.17) is 20.9 Å². The summed E-state index contributed by atoms with van der Waals surface area (Å²) in [6.07, 6.45) is 0.0941. The minimum absolute atomic E-state index is 0.0941. The standard InChI is InChI=1S/C20H19ClN2O3/c1-13(2)25-18-9-5-15(6-10-18)20(24)22-12-17-11-19(26-23-17)14-3-7-16(21)8-4-14/h3-11,13H,12H2,1-2H3,(H,22,24). The average Bonchev–Trinajstić information content (AvgIpc) is 3.09. The molecule has 0 saturated carbocycles. The zero-order chi connectivity index (χ0) is 18.5. The van der Waals surface area contributed by atoms with Crippen LogP contribution in [0.15, 0.2) is 59.1 Å². The number of aromatic nitrogens is 1. The number of hydrogen-bond donors (Lipinski definition) is 1. The number of rotatable bonds is 6. The number of hydrogen-bond acceptors (Lipinski definition) is 4. The van der Waals surface area contributed by atoms with Gasteiger partial charge in [-0.2, -0.15) is 0 Å². The molecule has 0 radical (unpaired) electrons. The van der Waals surface area contributed by atoms with Crippen molar-refractivity contribution in [2.75, 3.05) is 0 Å². The molecule has 26 heavy (non-hydrogen) atoms. The molecule has 0 saturated heterocycles. The lowest BCUT2D eigenvalue weighted by Crippen LogP contribution is -2.22. The molecule has 0 spiro atoms. The second-order valence-electron chi connectivity index (χ2n) is 6.06. The Bertz CT molecular complexity index is 871. The fourth-order valence-electron chi connectivity index (χ4n) is 2.38. The van der Waals surface area contributed by atoms with Gasteiger partial charge in [0.05, 0.1) is 12.6 Å². The van der Waals surface area contributed by atoms with Gasteiger partial charge in [0, 0.05) is 22.2 Å². The highest BCUT2D eigenvalue weighted by Gasteiger charge is 2.10. The Morgan fingerprint density at radius 2 is 1.85 bits per heavy atom. The van der Waals surface area contributed by atoms with Crippen molar-refractivity contribution in [3.63, 3.8) is 0 Å². The molecule has 5 nitrogen and oxygen atoms in total. The largest absolute Gasteiger partial charge is 0.491 e. The van der Waals surface area contributed by atoms with Gasteiger partial charge in [-0.1, -0.05) is 16.8 Å². The summed E-state index contributed by atoms with van der Waals surface area (Å²) < 4.78 is 10.9. The maximum atomic E-state index is 12.2. The fraction of sp³-hybridized carbons (Fsp3) is 0.200. The number of nitrogens with zero attached hydrogens (tertiary/aromatic N) is 1. The second kappa shape index (κ2) is 8.06. The van der Waals surface area contributed by atoms with Crippen LogP contribution in [0.3, 0.4) is 0 Å². The van der Waals surface area contributed by atoms with Gasteiger partial charge in [0.25, 0.3) is 5.91 Å². The number of halogens is 1. The third-order valence-electron chi connectivity index (χ3n) is 3.61. The Balaban J connectivity index is 1.58. The first kappa shape index (κ1) is 18.0. The van der Waals surface area contributed by atoms with Gasteiger partial charge < -0.3 is 14.6 Å². The van der Waals surface area contributed by atoms with Gasteiger partial charge in [-0.25, -0.2) is 0 Å². The molecule has 3 rings (SSSR count). The summed E-state index contributed by atoms with van der Waals surface area (Å²) in [5, 5.41) is 7.47. The van der Waals surface area contributed by atoms with Crippen molar-refractivity contribution in [1.29, 1.82) is 0 Å². The van der Waals surface area contributed by atoms with Crippen LogP contribution < -0.4 is 10.1 Å². The molecule has 0 unspecified atom stereocenters. The van der Waals surface area contributed by atoms with Crippen molar-refractivity contribution < 1.29 is 14.1 Å². The molecule has 0 atom stereocenters. The van der Waals surface area contributed by atoms with E-state index in [2.05, 4.69) is 10.5 Å². The molecular formula is C20H19ClN2O3. The Morgan fingerprint density at radius 1 is 1.15 bits per heavy atom. The van der Waals surface area contributed by atoms with Crippen molar-refractivity contribution in [3.05, 3.63) is 70.9 Å². The van der Waals surface area contributed by atoms with Crippen LogP contribution in [-0.2, 0) is 6.54 Å². The highest BCUT2D eigenvalue weighted by atomic mass is 35.5. The van der Waals surface area contributed by atoms with E-state index in [1.54, 1.807) is 42.5 Å². The van der Waals surface area contributed by atoms with Crippen LogP contribution in [0.1, 0.15) is 29.9 Å². The average molecular weight is 371 g/mol. The van der Waals surface area contributed by atoms with Gasteiger partial charge in [-0.15, -0.1) is 0 Å². The maximum Gasteiger partial charge on any atom is 0.251 e. The summed E-state index contributed by atoms with van der Waals surface area (Å²) in [5.41, 5.74) is 2.07. The molecule has 1 amide bonds. The van der Waals surface area contributed by atoms with Gasteiger partial charge in [-0.05, 0) is 62.4 Å². The number of carbonyl (C=O) groups excluding carboxylic acids is 1. The van der Waals surface area contributed by atoms with Crippen LogP contribution in [0.4, 0.5) is 0 Å². The van der Waals surface area contributed by atoms with E-state index in [-0.39, 0.29) is 18.6 Å². The molecule has 0 aliphatic heterocycles. The molecule has 6 heteroatoms. The summed E-state index contributed by atoms with van der Waals surface area (Å²) in [4.78, 5) is 12.2. The molecule has 0 bridgehead atoms. The molecule has 2 aromatic carbocycles. The minimum atomic E-state index is -0.183. The SMILES string of the molecule is CC(C)Oc1ccc(C(=O)NCc2cc(-c3ccc(Cl)cc3)on2)cc1. The van der Waals surface area contributed by atoms with E-state index in [0.29, 0.717) is 22.0 Å². The molecular weight excluding hydrogens is 352 g/mol. The van der Waals surface area contributed by atoms with E-state index < -0.39 is 0 Å². The quantitative estimate of drug-likeness (QED) is 0.682. The Hall–Kier alpha value is -2.79. The predicted molar refractivity (Wildman–Crippen MR) is 100 cm³/mol. The van der Waals surface area contributed by atoms with E-state index >= 15 is 0 Å². The molecule has 0 fully saturated rings. The Labute approximate surface area is 156 Å². The van der Waals surface area contributed by atoms with E-state index in [1.807, 2.05) is 26.0 Å². The lowest BCUT2D eigenvalue weighted by molar-refractivity contribution is 0.0950. The molecule has 0 aliphatic carbocycles. The summed E-state index contributed by atoms with van der Waals surface area (Å²) in [7, 11) is 0. The first-order valence-corrected chi connectivity index (χ1v) is 8.65. The normalized spacial score (nSPS) is 10.8. The number of benzene rings is 2. The molecule has 1 aromatic heterocycles. The van der Waals surface area contributed by atoms with Crippen molar-refractivity contribution in [1.82, 2.24) is 10.5 Å². The second-order valence-corrected chi connectivity index (χ2v) is 6.50. The van der Waals surface area contributed by atoms with E-state index in [0.717, 1.165) is 11.3 Å². The third kappa shape index (κ3) is 4.64. The van der Waals surface area contributed by atoms with Crippen molar-refractivity contribution >= 4 is 17.5 Å². The van der Waals surface area contributed by atoms with E-state index in [9.17, 15) is 4.79 Å². The molecule has 0 aliphatic rings. The summed E-state index contributed by atoms with van der Waals surface area (Å²) in [6, 6.07) is 16.1. The first-order valence-electron chi connectivity index (χ1n) is 8.28. The zero-order valence-electron chi connectivity index (χ0n) is 14.5. The maximum absolute atomic E-state index is 12.2. The van der Waals surface area contributed by atoms with Crippen LogP contribution in [0.2, 0.25) is 5.02 Å². The Kier molecular flexibility index (Phi) is 5.58. The van der Waals surface area contributed by atoms with Gasteiger partial charge in [-0.3, -0.25) is 4.79 Å². The van der Waals surface area contributed by atoms with Gasteiger partial charge in [0.1, 0.15) is 11.4 Å². The zero-order valence-corrected chi connectivity index (χ0v) is 15.3. The highest BCUT2D eigenvalue weighted by Crippen LogP contribution is 2.22. The lowest BCUT2D eigenvalue weighted by atomic mass is 10.1. The lowest BCUT2D eigenvalue weighted by Gasteiger charge is -2.10. The van der Waals surface area contributed by atoms with Crippen molar-refractivity contribution in [2.45, 2.75) is 26.5 Å². The number of nitrogens with one attached hydrogen (secondary N) is 1. The van der Waals surface area contributed by atoms with Crippen LogP contribution in [0.5, 0.6) is 5.75 Å². The topological polar surface area (TPSA) is 64.4 Å². The van der Waals surface area contributed by atoms with Gasteiger partial charge >= 0.3 is 0 Å². The third-order valence-corrected chi connectivity index (χ3v) is 3.86. The van der Waals surface area contributed by atoms with Gasteiger partial charge in [0.2, 0.25) is 0 Å². The van der Waals surface area contributed by atoms with Crippen LogP contribution in [-0.4, -0.2) is 17.2 Å². The number of carbonyl (C=O) groups is 1. The molecule has 134 valence electrons. The van der Waals surface area contributed by atoms with Crippen LogP contribution in [0, 0.1) is 0 Å².